The fourth-order valence-electron chi connectivity index (χ4n) is 2.79. The molecule has 0 saturated heterocycles. The van der Waals surface area contributed by atoms with Gasteiger partial charge in [-0.05, 0) is 30.4 Å². The van der Waals surface area contributed by atoms with Gasteiger partial charge in [-0.2, -0.15) is 8.70 Å². The SMILES string of the molecule is CC(C)CN(CC(O)[CH]Cc1ccccc1)S(=O)(=O)c1ccc([N+](=O)[O-])c(F)c1. The number of hydrogen-bond acceptors (Lipinski definition) is 5. The van der Waals surface area contributed by atoms with Crippen molar-refractivity contribution in [3.05, 3.63) is 76.4 Å². The maximum Gasteiger partial charge on any atom is 0.304 e. The summed E-state index contributed by atoms with van der Waals surface area (Å²) in [6, 6.07) is 11.9. The van der Waals surface area contributed by atoms with Gasteiger partial charge >= 0.3 is 5.69 Å². The van der Waals surface area contributed by atoms with Crippen LogP contribution in [0.25, 0.3) is 0 Å². The van der Waals surface area contributed by atoms with Crippen molar-refractivity contribution in [1.29, 1.82) is 0 Å². The molecular weight excluding hydrogens is 399 g/mol. The van der Waals surface area contributed by atoms with Crippen molar-refractivity contribution in [2.75, 3.05) is 13.1 Å². The van der Waals surface area contributed by atoms with Crippen molar-refractivity contribution in [2.24, 2.45) is 5.92 Å². The molecule has 1 atom stereocenters. The van der Waals surface area contributed by atoms with Crippen LogP contribution < -0.4 is 0 Å². The van der Waals surface area contributed by atoms with Gasteiger partial charge in [0.05, 0.1) is 15.9 Å². The Morgan fingerprint density at radius 3 is 2.38 bits per heavy atom. The van der Waals surface area contributed by atoms with E-state index in [1.165, 1.54) is 0 Å². The van der Waals surface area contributed by atoms with Gasteiger partial charge in [0.1, 0.15) is 0 Å². The Bertz CT molecular complexity index is 935. The molecule has 1 radical (unpaired) electrons. The highest BCUT2D eigenvalue weighted by atomic mass is 32.2. The maximum absolute atomic E-state index is 13.9. The molecule has 1 N–H and O–H groups in total. The average Bonchev–Trinajstić information content (AvgIpc) is 2.66. The first kappa shape index (κ1) is 22.9. The molecule has 0 spiro atoms. The second kappa shape index (κ2) is 9.91. The van der Waals surface area contributed by atoms with E-state index in [1.54, 1.807) is 6.42 Å². The summed E-state index contributed by atoms with van der Waals surface area (Å²) in [6.45, 7) is 3.54. The zero-order chi connectivity index (χ0) is 21.6. The van der Waals surface area contributed by atoms with Gasteiger partial charge in [0.25, 0.3) is 0 Å². The van der Waals surface area contributed by atoms with Crippen molar-refractivity contribution in [3.63, 3.8) is 0 Å². The molecule has 2 aromatic rings. The quantitative estimate of drug-likeness (QED) is 0.467. The zero-order valence-electron chi connectivity index (χ0n) is 16.2. The van der Waals surface area contributed by atoms with Crippen LogP contribution >= 0.6 is 0 Å². The summed E-state index contributed by atoms with van der Waals surface area (Å²) in [6.07, 6.45) is 1.03. The van der Waals surface area contributed by atoms with E-state index in [-0.39, 0.29) is 19.0 Å². The minimum absolute atomic E-state index is 0.0472. The lowest BCUT2D eigenvalue weighted by Gasteiger charge is -2.26. The monoisotopic (exact) mass is 423 g/mol. The zero-order valence-corrected chi connectivity index (χ0v) is 17.0. The van der Waals surface area contributed by atoms with E-state index in [0.717, 1.165) is 22.0 Å². The van der Waals surface area contributed by atoms with Crippen LogP contribution in [0.1, 0.15) is 19.4 Å². The third-order valence-electron chi connectivity index (χ3n) is 4.18. The van der Waals surface area contributed by atoms with Crippen molar-refractivity contribution in [1.82, 2.24) is 4.31 Å². The van der Waals surface area contributed by atoms with Gasteiger partial charge in [0, 0.05) is 25.2 Å². The Labute approximate surface area is 170 Å². The highest BCUT2D eigenvalue weighted by Gasteiger charge is 2.29. The molecule has 0 fully saturated rings. The summed E-state index contributed by atoms with van der Waals surface area (Å²) in [5.74, 6) is -1.27. The van der Waals surface area contributed by atoms with E-state index in [9.17, 15) is 28.0 Å². The minimum Gasteiger partial charge on any atom is -0.391 e. The number of aliphatic hydroxyl groups excluding tert-OH is 1. The molecule has 0 aliphatic rings. The third-order valence-corrected chi connectivity index (χ3v) is 6.01. The molecule has 0 aromatic heterocycles. The molecule has 29 heavy (non-hydrogen) atoms. The number of halogens is 1. The number of hydrogen-bond donors (Lipinski definition) is 1. The van der Waals surface area contributed by atoms with E-state index >= 15 is 0 Å². The fraction of sp³-hybridized carbons (Fsp3) is 0.350. The van der Waals surface area contributed by atoms with Gasteiger partial charge in [0.2, 0.25) is 15.8 Å². The molecule has 0 bridgehead atoms. The van der Waals surface area contributed by atoms with Crippen molar-refractivity contribution < 1.29 is 22.8 Å². The first-order chi connectivity index (χ1) is 13.6. The van der Waals surface area contributed by atoms with Gasteiger partial charge in [-0.25, -0.2) is 8.42 Å². The molecule has 2 rings (SSSR count). The first-order valence-electron chi connectivity index (χ1n) is 9.10. The molecule has 0 saturated carbocycles. The number of aliphatic hydroxyl groups is 1. The van der Waals surface area contributed by atoms with Crippen LogP contribution in [0.4, 0.5) is 10.1 Å². The van der Waals surface area contributed by atoms with Crippen LogP contribution in [-0.4, -0.2) is 41.9 Å². The topological polar surface area (TPSA) is 101 Å². The van der Waals surface area contributed by atoms with E-state index in [0.29, 0.717) is 12.5 Å². The van der Waals surface area contributed by atoms with Crippen molar-refractivity contribution in [3.8, 4) is 0 Å². The van der Waals surface area contributed by atoms with E-state index < -0.39 is 37.5 Å². The molecule has 1 unspecified atom stereocenters. The smallest absolute Gasteiger partial charge is 0.304 e. The summed E-state index contributed by atoms with van der Waals surface area (Å²) in [7, 11) is -4.15. The Morgan fingerprint density at radius 2 is 1.83 bits per heavy atom. The Kier molecular flexibility index (Phi) is 7.83. The molecule has 2 aromatic carbocycles. The third kappa shape index (κ3) is 6.31. The second-order valence-electron chi connectivity index (χ2n) is 7.08. The highest BCUT2D eigenvalue weighted by Crippen LogP contribution is 2.24. The predicted octanol–water partition coefficient (Wildman–Crippen LogP) is 3.19. The molecule has 0 amide bonds. The van der Waals surface area contributed by atoms with Crippen molar-refractivity contribution >= 4 is 15.7 Å². The minimum atomic E-state index is -4.15. The Hall–Kier alpha value is -2.36. The summed E-state index contributed by atoms with van der Waals surface area (Å²) in [4.78, 5) is 9.46. The maximum atomic E-state index is 13.9. The summed E-state index contributed by atoms with van der Waals surface area (Å²) in [5, 5.41) is 21.1. The average molecular weight is 423 g/mol. The molecule has 9 heteroatoms. The summed E-state index contributed by atoms with van der Waals surface area (Å²) >= 11 is 0. The van der Waals surface area contributed by atoms with Crippen LogP contribution in [0.5, 0.6) is 0 Å². The Morgan fingerprint density at radius 1 is 1.17 bits per heavy atom. The number of nitro benzene ring substituents is 1. The molecule has 7 nitrogen and oxygen atoms in total. The van der Waals surface area contributed by atoms with E-state index in [4.69, 9.17) is 0 Å². The highest BCUT2D eigenvalue weighted by molar-refractivity contribution is 7.89. The predicted molar refractivity (Wildman–Crippen MR) is 107 cm³/mol. The van der Waals surface area contributed by atoms with E-state index in [2.05, 4.69) is 0 Å². The number of nitro groups is 1. The molecule has 157 valence electrons. The summed E-state index contributed by atoms with van der Waals surface area (Å²) in [5.41, 5.74) is 0.179. The molecule has 0 heterocycles. The normalized spacial score (nSPS) is 13.0. The van der Waals surface area contributed by atoms with Gasteiger partial charge in [-0.15, -0.1) is 0 Å². The molecule has 0 aliphatic heterocycles. The van der Waals surface area contributed by atoms with Gasteiger partial charge in [0.15, 0.2) is 0 Å². The van der Waals surface area contributed by atoms with Gasteiger partial charge in [-0.1, -0.05) is 44.2 Å². The lowest BCUT2D eigenvalue weighted by Crippen LogP contribution is -2.40. The van der Waals surface area contributed by atoms with Gasteiger partial charge in [-0.3, -0.25) is 10.1 Å². The molecular formula is C20H24FN2O5S. The number of sulfonamides is 1. The van der Waals surface area contributed by atoms with Gasteiger partial charge < -0.3 is 5.11 Å². The second-order valence-corrected chi connectivity index (χ2v) is 9.02. The van der Waals surface area contributed by atoms with Crippen LogP contribution in [0, 0.1) is 28.3 Å². The largest absolute Gasteiger partial charge is 0.391 e. The number of rotatable bonds is 10. The molecule has 0 aliphatic carbocycles. The van der Waals surface area contributed by atoms with Crippen LogP contribution in [0.2, 0.25) is 0 Å². The van der Waals surface area contributed by atoms with Crippen LogP contribution in [0.15, 0.2) is 53.4 Å². The van der Waals surface area contributed by atoms with Crippen LogP contribution in [-0.2, 0) is 16.4 Å². The Balaban J connectivity index is 2.19. The first-order valence-corrected chi connectivity index (χ1v) is 10.5. The van der Waals surface area contributed by atoms with E-state index in [1.807, 2.05) is 44.2 Å². The number of benzene rings is 2. The van der Waals surface area contributed by atoms with Crippen LogP contribution in [0.3, 0.4) is 0 Å². The lowest BCUT2D eigenvalue weighted by molar-refractivity contribution is -0.387. The number of nitrogens with zero attached hydrogens (tertiary/aromatic N) is 2. The lowest BCUT2D eigenvalue weighted by atomic mass is 10.1. The standard InChI is InChI=1S/C20H24FN2O5S/c1-15(2)13-22(14-17(24)9-8-16-6-4-3-5-7-16)29(27,28)18-10-11-20(23(25)26)19(21)12-18/h3-7,9-12,15,17,24H,8,13-14H2,1-2H3. The summed E-state index contributed by atoms with van der Waals surface area (Å²) < 4.78 is 41.0. The van der Waals surface area contributed by atoms with Crippen molar-refractivity contribution in [2.45, 2.75) is 31.3 Å². The fourth-order valence-corrected chi connectivity index (χ4v) is 4.43.